The van der Waals surface area contributed by atoms with Crippen molar-refractivity contribution in [3.63, 3.8) is 0 Å². The molecule has 8 heteroatoms. The quantitative estimate of drug-likeness (QED) is 0.468. The molecular weight excluding hydrogens is 374 g/mol. The highest BCUT2D eigenvalue weighted by atomic mass is 16.6. The smallest absolute Gasteiger partial charge is 0.273 e. The maximum atomic E-state index is 12.7. The molecule has 0 aliphatic heterocycles. The topological polar surface area (TPSA) is 105 Å². The van der Waals surface area contributed by atoms with E-state index in [1.165, 1.54) is 25.3 Å². The number of hydrogen-bond donors (Lipinski definition) is 2. The highest BCUT2D eigenvalue weighted by Crippen LogP contribution is 2.29. The molecule has 0 spiro atoms. The number of carbonyl (C=O) groups excluding carboxylic acids is 1. The van der Waals surface area contributed by atoms with Crippen molar-refractivity contribution in [2.75, 3.05) is 25.6 Å². The second-order valence-electron chi connectivity index (χ2n) is 7.07. The van der Waals surface area contributed by atoms with Crippen LogP contribution in [0.25, 0.3) is 0 Å². The number of methoxy groups -OCH3 is 1. The Hall–Kier alpha value is -2.97. The molecule has 2 rings (SSSR count). The summed E-state index contributed by atoms with van der Waals surface area (Å²) < 4.78 is 5.17. The number of benzene rings is 2. The molecule has 1 amide bonds. The van der Waals surface area contributed by atoms with Gasteiger partial charge in [0.25, 0.3) is 5.69 Å². The van der Waals surface area contributed by atoms with Crippen LogP contribution >= 0.6 is 0 Å². The van der Waals surface area contributed by atoms with Crippen LogP contribution in [0.2, 0.25) is 0 Å². The zero-order valence-corrected chi connectivity index (χ0v) is 16.9. The van der Waals surface area contributed by atoms with Crippen molar-refractivity contribution in [3.05, 3.63) is 64.2 Å². The molecule has 0 aliphatic rings. The first-order chi connectivity index (χ1) is 13.8. The molecule has 8 nitrogen and oxygen atoms in total. The van der Waals surface area contributed by atoms with Gasteiger partial charge < -0.3 is 15.2 Å². The molecule has 2 aromatic rings. The van der Waals surface area contributed by atoms with Crippen LogP contribution in [0, 0.1) is 16.0 Å². The van der Waals surface area contributed by atoms with E-state index in [4.69, 9.17) is 4.74 Å². The molecule has 0 bridgehead atoms. The van der Waals surface area contributed by atoms with Crippen molar-refractivity contribution in [2.24, 2.45) is 5.92 Å². The lowest BCUT2D eigenvalue weighted by molar-refractivity contribution is -0.384. The van der Waals surface area contributed by atoms with Crippen LogP contribution in [0.5, 0.6) is 5.75 Å². The molecule has 156 valence electrons. The van der Waals surface area contributed by atoms with Gasteiger partial charge in [0.05, 0.1) is 36.9 Å². The normalized spacial score (nSPS) is 12.1. The van der Waals surface area contributed by atoms with Gasteiger partial charge in [-0.25, -0.2) is 0 Å². The number of aliphatic hydroxyl groups is 1. The molecule has 2 N–H and O–H groups in total. The summed E-state index contributed by atoms with van der Waals surface area (Å²) in [6.07, 6.45) is 0. The van der Waals surface area contributed by atoms with Gasteiger partial charge in [-0.3, -0.25) is 19.8 Å². The lowest BCUT2D eigenvalue weighted by Gasteiger charge is -2.32. The highest BCUT2D eigenvalue weighted by molar-refractivity contribution is 5.94. The van der Waals surface area contributed by atoms with Crippen LogP contribution < -0.4 is 10.1 Å². The molecule has 0 aliphatic carbocycles. The van der Waals surface area contributed by atoms with Gasteiger partial charge in [-0.1, -0.05) is 44.2 Å². The number of non-ortho nitro benzene ring substituents is 1. The molecule has 29 heavy (non-hydrogen) atoms. The van der Waals surface area contributed by atoms with Crippen molar-refractivity contribution in [2.45, 2.75) is 26.4 Å². The third-order valence-electron chi connectivity index (χ3n) is 4.67. The number of hydrogen-bond acceptors (Lipinski definition) is 6. The summed E-state index contributed by atoms with van der Waals surface area (Å²) in [6.45, 7) is 4.48. The van der Waals surface area contributed by atoms with Gasteiger partial charge >= 0.3 is 0 Å². The van der Waals surface area contributed by atoms with E-state index in [1.54, 1.807) is 0 Å². The van der Waals surface area contributed by atoms with Crippen LogP contribution in [0.4, 0.5) is 11.4 Å². The predicted molar refractivity (Wildman–Crippen MR) is 111 cm³/mol. The average Bonchev–Trinajstić information content (AvgIpc) is 2.69. The summed E-state index contributed by atoms with van der Waals surface area (Å²) in [7, 11) is 1.39. The summed E-state index contributed by atoms with van der Waals surface area (Å²) in [5.41, 5.74) is 1.27. The Bertz CT molecular complexity index is 826. The summed E-state index contributed by atoms with van der Waals surface area (Å²) >= 11 is 0. The highest BCUT2D eigenvalue weighted by Gasteiger charge is 2.24. The van der Waals surface area contributed by atoms with Crippen molar-refractivity contribution in [1.29, 1.82) is 0 Å². The molecule has 1 unspecified atom stereocenters. The lowest BCUT2D eigenvalue weighted by atomic mass is 10.0. The standard InChI is InChI=1S/C21H27N3O5/c1-15(2)19(14-25)23(12-16-7-5-4-6-8-16)13-21(26)22-18-10-9-17(24(27)28)11-20(18)29-3/h4-11,15,19,25H,12-14H2,1-3H3,(H,22,26). The van der Waals surface area contributed by atoms with Gasteiger partial charge in [0.15, 0.2) is 0 Å². The second kappa shape index (κ2) is 10.5. The van der Waals surface area contributed by atoms with Gasteiger partial charge in [0.1, 0.15) is 5.75 Å². The summed E-state index contributed by atoms with van der Waals surface area (Å²) in [5.74, 6) is 0.0577. The molecule has 0 radical (unpaired) electrons. The number of nitro benzene ring substituents is 1. The van der Waals surface area contributed by atoms with Crippen molar-refractivity contribution in [1.82, 2.24) is 4.90 Å². The van der Waals surface area contributed by atoms with Crippen LogP contribution in [0.15, 0.2) is 48.5 Å². The van der Waals surface area contributed by atoms with Gasteiger partial charge in [-0.05, 0) is 17.5 Å². The summed E-state index contributed by atoms with van der Waals surface area (Å²) in [5, 5.41) is 23.5. The van der Waals surface area contributed by atoms with Crippen LogP contribution in [-0.4, -0.2) is 47.1 Å². The van der Waals surface area contributed by atoms with E-state index < -0.39 is 4.92 Å². The molecule has 2 aromatic carbocycles. The van der Waals surface area contributed by atoms with Crippen molar-refractivity contribution >= 4 is 17.3 Å². The van der Waals surface area contributed by atoms with E-state index >= 15 is 0 Å². The Labute approximate surface area is 170 Å². The maximum Gasteiger partial charge on any atom is 0.273 e. The fourth-order valence-corrected chi connectivity index (χ4v) is 3.13. The first kappa shape index (κ1) is 22.3. The average molecular weight is 401 g/mol. The fourth-order valence-electron chi connectivity index (χ4n) is 3.13. The number of ether oxygens (including phenoxy) is 1. The van der Waals surface area contributed by atoms with Gasteiger partial charge in [-0.2, -0.15) is 0 Å². The Balaban J connectivity index is 2.17. The summed E-state index contributed by atoms with van der Waals surface area (Å²) in [4.78, 5) is 25.0. The Morgan fingerprint density at radius 1 is 1.24 bits per heavy atom. The number of amides is 1. The maximum absolute atomic E-state index is 12.7. The first-order valence-electron chi connectivity index (χ1n) is 9.36. The van der Waals surface area contributed by atoms with E-state index in [2.05, 4.69) is 5.32 Å². The minimum atomic E-state index is -0.524. The molecular formula is C21H27N3O5. The van der Waals surface area contributed by atoms with E-state index in [0.29, 0.717) is 12.2 Å². The van der Waals surface area contributed by atoms with Gasteiger partial charge in [0, 0.05) is 18.7 Å². The SMILES string of the molecule is COc1cc([N+](=O)[O-])ccc1NC(=O)CN(Cc1ccccc1)C(CO)C(C)C. The molecule has 0 aromatic heterocycles. The zero-order valence-electron chi connectivity index (χ0n) is 16.9. The number of carbonyl (C=O) groups is 1. The number of rotatable bonds is 10. The number of nitrogens with zero attached hydrogens (tertiary/aromatic N) is 2. The first-order valence-corrected chi connectivity index (χ1v) is 9.36. The minimum Gasteiger partial charge on any atom is -0.494 e. The fraction of sp³-hybridized carbons (Fsp3) is 0.381. The minimum absolute atomic E-state index is 0.0540. The second-order valence-corrected chi connectivity index (χ2v) is 7.07. The Morgan fingerprint density at radius 3 is 2.48 bits per heavy atom. The monoisotopic (exact) mass is 401 g/mol. The lowest BCUT2D eigenvalue weighted by Crippen LogP contribution is -2.45. The van der Waals surface area contributed by atoms with E-state index in [-0.39, 0.29) is 42.5 Å². The van der Waals surface area contributed by atoms with Crippen LogP contribution in [0.1, 0.15) is 19.4 Å². The number of anilines is 1. The molecule has 0 saturated heterocycles. The molecule has 0 heterocycles. The van der Waals surface area contributed by atoms with Crippen LogP contribution in [0.3, 0.4) is 0 Å². The number of nitro groups is 1. The molecule has 0 saturated carbocycles. The predicted octanol–water partition coefficient (Wildman–Crippen LogP) is 3.06. The number of aliphatic hydroxyl groups excluding tert-OH is 1. The molecule has 0 fully saturated rings. The van der Waals surface area contributed by atoms with Crippen molar-refractivity contribution < 1.29 is 19.6 Å². The van der Waals surface area contributed by atoms with E-state index in [1.807, 2.05) is 49.1 Å². The number of nitrogens with one attached hydrogen (secondary N) is 1. The Morgan fingerprint density at radius 2 is 1.93 bits per heavy atom. The van der Waals surface area contributed by atoms with Gasteiger partial charge in [0.2, 0.25) is 5.91 Å². The van der Waals surface area contributed by atoms with E-state index in [9.17, 15) is 20.0 Å². The third-order valence-corrected chi connectivity index (χ3v) is 4.67. The summed E-state index contributed by atoms with van der Waals surface area (Å²) in [6, 6.07) is 13.6. The third kappa shape index (κ3) is 6.27. The van der Waals surface area contributed by atoms with E-state index in [0.717, 1.165) is 5.56 Å². The van der Waals surface area contributed by atoms with Gasteiger partial charge in [-0.15, -0.1) is 0 Å². The largest absolute Gasteiger partial charge is 0.494 e. The van der Waals surface area contributed by atoms with Crippen molar-refractivity contribution in [3.8, 4) is 5.75 Å². The zero-order chi connectivity index (χ0) is 21.4. The Kier molecular flexibility index (Phi) is 8.11. The van der Waals surface area contributed by atoms with Crippen LogP contribution in [-0.2, 0) is 11.3 Å². The molecule has 1 atom stereocenters.